The summed E-state index contributed by atoms with van der Waals surface area (Å²) in [7, 11) is 1.54. The topological polar surface area (TPSA) is 103 Å². The highest BCUT2D eigenvalue weighted by Gasteiger charge is 2.09. The van der Waals surface area contributed by atoms with Gasteiger partial charge in [0, 0.05) is 25.4 Å². The van der Waals surface area contributed by atoms with E-state index in [0.717, 1.165) is 5.56 Å². The Morgan fingerprint density at radius 3 is 2.65 bits per heavy atom. The zero-order valence-corrected chi connectivity index (χ0v) is 11.3. The lowest BCUT2D eigenvalue weighted by molar-refractivity contribution is 0.0958. The number of pyridine rings is 1. The maximum absolute atomic E-state index is 11.5. The molecule has 0 fully saturated rings. The molecule has 0 atom stereocenters. The molecule has 6 heteroatoms. The molecular formula is C14H16N4O2. The molecule has 2 rings (SSSR count). The molecular weight excluding hydrogens is 256 g/mol. The van der Waals surface area contributed by atoms with Crippen LogP contribution in [-0.4, -0.2) is 17.9 Å². The van der Waals surface area contributed by atoms with Crippen molar-refractivity contribution in [3.05, 3.63) is 41.7 Å². The van der Waals surface area contributed by atoms with E-state index in [0.29, 0.717) is 22.9 Å². The Labute approximate surface area is 116 Å². The first-order valence-corrected chi connectivity index (χ1v) is 6.03. The van der Waals surface area contributed by atoms with Crippen LogP contribution in [0.1, 0.15) is 16.1 Å². The molecule has 0 saturated heterocycles. The molecule has 1 aromatic heterocycles. The number of nitrogens with two attached hydrogens (primary N) is 2. The standard InChI is InChI=1S/C14H16N4O2/c1-8-5-10(15)11(16)7-13(8)20-9-3-4-18-12(6-9)14(19)17-2/h3-7H,15-16H2,1-2H3,(H,17,19). The summed E-state index contributed by atoms with van der Waals surface area (Å²) >= 11 is 0. The monoisotopic (exact) mass is 272 g/mol. The largest absolute Gasteiger partial charge is 0.457 e. The van der Waals surface area contributed by atoms with Crippen LogP contribution in [0.25, 0.3) is 0 Å². The van der Waals surface area contributed by atoms with E-state index in [2.05, 4.69) is 10.3 Å². The van der Waals surface area contributed by atoms with Gasteiger partial charge in [-0.3, -0.25) is 9.78 Å². The number of nitrogen functional groups attached to an aromatic ring is 2. The third kappa shape index (κ3) is 2.80. The van der Waals surface area contributed by atoms with Gasteiger partial charge in [-0.1, -0.05) is 0 Å². The molecule has 0 radical (unpaired) electrons. The van der Waals surface area contributed by atoms with Crippen molar-refractivity contribution in [2.24, 2.45) is 0 Å². The normalized spacial score (nSPS) is 10.1. The third-order valence-corrected chi connectivity index (χ3v) is 2.80. The fourth-order valence-corrected chi connectivity index (χ4v) is 1.69. The van der Waals surface area contributed by atoms with Gasteiger partial charge in [-0.05, 0) is 24.6 Å². The fraction of sp³-hybridized carbons (Fsp3) is 0.143. The van der Waals surface area contributed by atoms with E-state index in [1.54, 1.807) is 31.3 Å². The maximum Gasteiger partial charge on any atom is 0.269 e. The van der Waals surface area contributed by atoms with E-state index >= 15 is 0 Å². The quantitative estimate of drug-likeness (QED) is 0.738. The van der Waals surface area contributed by atoms with Crippen LogP contribution < -0.4 is 21.5 Å². The summed E-state index contributed by atoms with van der Waals surface area (Å²) in [5.41, 5.74) is 13.6. The van der Waals surface area contributed by atoms with Crippen molar-refractivity contribution < 1.29 is 9.53 Å². The van der Waals surface area contributed by atoms with E-state index in [1.807, 2.05) is 6.92 Å². The number of aromatic nitrogens is 1. The molecule has 0 bridgehead atoms. The van der Waals surface area contributed by atoms with Gasteiger partial charge in [-0.25, -0.2) is 0 Å². The number of nitrogens with one attached hydrogen (secondary N) is 1. The average molecular weight is 272 g/mol. The van der Waals surface area contributed by atoms with Crippen LogP contribution in [0.5, 0.6) is 11.5 Å². The molecule has 1 amide bonds. The summed E-state index contributed by atoms with van der Waals surface area (Å²) in [6, 6.07) is 6.62. The Kier molecular flexibility index (Phi) is 3.74. The maximum atomic E-state index is 11.5. The minimum atomic E-state index is -0.274. The van der Waals surface area contributed by atoms with Gasteiger partial charge in [0.15, 0.2) is 0 Å². The van der Waals surface area contributed by atoms with Crippen LogP contribution in [0.2, 0.25) is 0 Å². The van der Waals surface area contributed by atoms with E-state index in [1.165, 1.54) is 6.20 Å². The number of aryl methyl sites for hydroxylation is 1. The SMILES string of the molecule is CNC(=O)c1cc(Oc2cc(N)c(N)cc2C)ccn1. The van der Waals surface area contributed by atoms with Crippen molar-refractivity contribution in [1.29, 1.82) is 0 Å². The first-order valence-electron chi connectivity index (χ1n) is 6.03. The first kappa shape index (κ1) is 13.7. The number of ether oxygens (including phenoxy) is 1. The van der Waals surface area contributed by atoms with Gasteiger partial charge in [-0.15, -0.1) is 0 Å². The predicted molar refractivity (Wildman–Crippen MR) is 77.7 cm³/mol. The van der Waals surface area contributed by atoms with Crippen LogP contribution >= 0.6 is 0 Å². The molecule has 5 N–H and O–H groups in total. The minimum absolute atomic E-state index is 0.274. The Bertz CT molecular complexity index is 656. The summed E-state index contributed by atoms with van der Waals surface area (Å²) in [4.78, 5) is 15.5. The summed E-state index contributed by atoms with van der Waals surface area (Å²) in [5, 5.41) is 2.51. The predicted octanol–water partition coefficient (Wildman–Crippen LogP) is 1.71. The number of carbonyl (C=O) groups excluding carboxylic acids is 1. The van der Waals surface area contributed by atoms with Gasteiger partial charge >= 0.3 is 0 Å². The van der Waals surface area contributed by atoms with Gasteiger partial charge in [0.2, 0.25) is 0 Å². The van der Waals surface area contributed by atoms with Crippen molar-refractivity contribution in [3.63, 3.8) is 0 Å². The lowest BCUT2D eigenvalue weighted by Gasteiger charge is -2.11. The van der Waals surface area contributed by atoms with Crippen molar-refractivity contribution >= 4 is 17.3 Å². The van der Waals surface area contributed by atoms with Crippen molar-refractivity contribution in [1.82, 2.24) is 10.3 Å². The molecule has 104 valence electrons. The molecule has 0 spiro atoms. The zero-order valence-electron chi connectivity index (χ0n) is 11.3. The number of hydrogen-bond donors (Lipinski definition) is 3. The van der Waals surface area contributed by atoms with Gasteiger partial charge < -0.3 is 21.5 Å². The number of anilines is 2. The second kappa shape index (κ2) is 5.48. The minimum Gasteiger partial charge on any atom is -0.457 e. The third-order valence-electron chi connectivity index (χ3n) is 2.80. The number of benzene rings is 1. The molecule has 6 nitrogen and oxygen atoms in total. The number of nitrogens with zero attached hydrogens (tertiary/aromatic N) is 1. The summed E-state index contributed by atoms with van der Waals surface area (Å²) in [6.45, 7) is 1.87. The van der Waals surface area contributed by atoms with Gasteiger partial charge in [0.25, 0.3) is 5.91 Å². The summed E-state index contributed by atoms with van der Waals surface area (Å²) < 4.78 is 5.72. The lowest BCUT2D eigenvalue weighted by atomic mass is 10.1. The van der Waals surface area contributed by atoms with Crippen molar-refractivity contribution in [3.8, 4) is 11.5 Å². The average Bonchev–Trinajstić information content (AvgIpc) is 2.44. The molecule has 0 aliphatic carbocycles. The Balaban J connectivity index is 2.31. The molecule has 2 aromatic rings. The first-order chi connectivity index (χ1) is 9.51. The highest BCUT2D eigenvalue weighted by atomic mass is 16.5. The lowest BCUT2D eigenvalue weighted by Crippen LogP contribution is -2.18. The number of rotatable bonds is 3. The van der Waals surface area contributed by atoms with Crippen LogP contribution in [0.4, 0.5) is 11.4 Å². The fourth-order valence-electron chi connectivity index (χ4n) is 1.69. The molecule has 1 aromatic carbocycles. The Morgan fingerprint density at radius 1 is 1.25 bits per heavy atom. The van der Waals surface area contributed by atoms with Gasteiger partial charge in [0.1, 0.15) is 17.2 Å². The number of carbonyl (C=O) groups is 1. The number of hydrogen-bond acceptors (Lipinski definition) is 5. The van der Waals surface area contributed by atoms with Crippen LogP contribution in [-0.2, 0) is 0 Å². The number of amides is 1. The molecule has 20 heavy (non-hydrogen) atoms. The summed E-state index contributed by atoms with van der Waals surface area (Å²) in [5.74, 6) is 0.820. The van der Waals surface area contributed by atoms with E-state index in [-0.39, 0.29) is 11.6 Å². The molecule has 0 aliphatic rings. The second-order valence-electron chi connectivity index (χ2n) is 4.30. The summed E-state index contributed by atoms with van der Waals surface area (Å²) in [6.07, 6.45) is 1.51. The highest BCUT2D eigenvalue weighted by Crippen LogP contribution is 2.30. The Morgan fingerprint density at radius 2 is 1.95 bits per heavy atom. The van der Waals surface area contributed by atoms with Crippen LogP contribution in [0.3, 0.4) is 0 Å². The second-order valence-corrected chi connectivity index (χ2v) is 4.30. The van der Waals surface area contributed by atoms with Gasteiger partial charge in [-0.2, -0.15) is 0 Å². The highest BCUT2D eigenvalue weighted by molar-refractivity contribution is 5.92. The smallest absolute Gasteiger partial charge is 0.269 e. The van der Waals surface area contributed by atoms with Gasteiger partial charge in [0.05, 0.1) is 11.4 Å². The van der Waals surface area contributed by atoms with Crippen molar-refractivity contribution in [2.45, 2.75) is 6.92 Å². The molecule has 0 aliphatic heterocycles. The van der Waals surface area contributed by atoms with E-state index in [4.69, 9.17) is 16.2 Å². The van der Waals surface area contributed by atoms with E-state index in [9.17, 15) is 4.79 Å². The molecule has 0 saturated carbocycles. The zero-order chi connectivity index (χ0) is 14.7. The van der Waals surface area contributed by atoms with Crippen LogP contribution in [0.15, 0.2) is 30.5 Å². The van der Waals surface area contributed by atoms with Crippen LogP contribution in [0, 0.1) is 6.92 Å². The molecule has 1 heterocycles. The molecule has 0 unspecified atom stereocenters. The van der Waals surface area contributed by atoms with E-state index < -0.39 is 0 Å². The Hall–Kier alpha value is -2.76. The van der Waals surface area contributed by atoms with Crippen molar-refractivity contribution in [2.75, 3.05) is 18.5 Å².